The molecule has 0 aliphatic heterocycles. The highest BCUT2D eigenvalue weighted by Crippen LogP contribution is 2.32. The molecule has 0 bridgehead atoms. The summed E-state index contributed by atoms with van der Waals surface area (Å²) in [6.45, 7) is 6.40. The molecule has 3 nitrogen and oxygen atoms in total. The minimum atomic E-state index is -0.905. The summed E-state index contributed by atoms with van der Waals surface area (Å²) in [5.74, 6) is -0.502. The number of aromatic nitrogens is 1. The van der Waals surface area contributed by atoms with E-state index in [1.165, 1.54) is 4.88 Å². The Morgan fingerprint density at radius 2 is 2.00 bits per heavy atom. The van der Waals surface area contributed by atoms with Crippen LogP contribution in [-0.2, 0) is 6.42 Å². The van der Waals surface area contributed by atoms with Crippen molar-refractivity contribution >= 4 is 28.2 Å². The van der Waals surface area contributed by atoms with Crippen LogP contribution in [0.1, 0.15) is 53.9 Å². The van der Waals surface area contributed by atoms with Crippen LogP contribution in [0.25, 0.3) is 21.5 Å². The molecule has 0 aliphatic carbocycles. The second-order valence-corrected chi connectivity index (χ2v) is 7.23. The van der Waals surface area contributed by atoms with Gasteiger partial charge in [-0.3, -0.25) is 0 Å². The minimum Gasteiger partial charge on any atom is -0.478 e. The first-order chi connectivity index (χ1) is 11.5. The molecular formula is C20H21NO2S. The summed E-state index contributed by atoms with van der Waals surface area (Å²) in [5.41, 5.74) is 2.96. The Kier molecular flexibility index (Phi) is 4.67. The minimum absolute atomic E-state index is 0.326. The predicted molar refractivity (Wildman–Crippen MR) is 100 cm³/mol. The van der Waals surface area contributed by atoms with Gasteiger partial charge in [0.15, 0.2) is 0 Å². The van der Waals surface area contributed by atoms with Crippen molar-refractivity contribution in [3.63, 3.8) is 0 Å². The molecule has 124 valence electrons. The Hall–Kier alpha value is -2.20. The highest BCUT2D eigenvalue weighted by atomic mass is 32.1. The standard InChI is InChI=1S/C20H21NO2S/c1-4-12(3)13-6-8-17-15(10-13)16(20(22)23)11-18(21-17)19-9-7-14(5-2)24-19/h6-12H,4-5H2,1-3H3,(H,22,23). The molecule has 1 N–H and O–H groups in total. The zero-order chi connectivity index (χ0) is 17.3. The topological polar surface area (TPSA) is 50.2 Å². The smallest absolute Gasteiger partial charge is 0.336 e. The third kappa shape index (κ3) is 3.06. The van der Waals surface area contributed by atoms with E-state index in [0.717, 1.165) is 39.9 Å². The van der Waals surface area contributed by atoms with Crippen LogP contribution < -0.4 is 0 Å². The number of nitrogens with zero attached hydrogens (tertiary/aromatic N) is 1. The van der Waals surface area contributed by atoms with Crippen LogP contribution in [0.15, 0.2) is 36.4 Å². The summed E-state index contributed by atoms with van der Waals surface area (Å²) in [4.78, 5) is 18.8. The SMILES string of the molecule is CCc1ccc(-c2cc(C(=O)O)c3cc(C(C)CC)ccc3n2)s1. The van der Waals surface area contributed by atoms with Crippen LogP contribution in [-0.4, -0.2) is 16.1 Å². The Morgan fingerprint density at radius 1 is 1.21 bits per heavy atom. The lowest BCUT2D eigenvalue weighted by atomic mass is 9.95. The second-order valence-electron chi connectivity index (χ2n) is 6.07. The Balaban J connectivity index is 2.19. The van der Waals surface area contributed by atoms with E-state index in [2.05, 4.69) is 32.9 Å². The first-order valence-electron chi connectivity index (χ1n) is 8.30. The van der Waals surface area contributed by atoms with Gasteiger partial charge in [0.2, 0.25) is 0 Å². The lowest BCUT2D eigenvalue weighted by Crippen LogP contribution is -2.01. The van der Waals surface area contributed by atoms with E-state index in [4.69, 9.17) is 4.98 Å². The van der Waals surface area contributed by atoms with Crippen molar-refractivity contribution in [3.8, 4) is 10.6 Å². The van der Waals surface area contributed by atoms with Gasteiger partial charge in [-0.2, -0.15) is 0 Å². The molecular weight excluding hydrogens is 318 g/mol. The molecule has 3 rings (SSSR count). The number of thiophene rings is 1. The van der Waals surface area contributed by atoms with E-state index in [9.17, 15) is 9.90 Å². The van der Waals surface area contributed by atoms with E-state index in [1.54, 1.807) is 17.4 Å². The third-order valence-corrected chi connectivity index (χ3v) is 5.76. The maximum Gasteiger partial charge on any atom is 0.336 e. The van der Waals surface area contributed by atoms with Crippen LogP contribution in [0.3, 0.4) is 0 Å². The van der Waals surface area contributed by atoms with E-state index in [-0.39, 0.29) is 0 Å². The lowest BCUT2D eigenvalue weighted by Gasteiger charge is -2.12. The van der Waals surface area contributed by atoms with Crippen LogP contribution in [0.5, 0.6) is 0 Å². The van der Waals surface area contributed by atoms with Gasteiger partial charge in [0, 0.05) is 10.3 Å². The maximum absolute atomic E-state index is 11.8. The quantitative estimate of drug-likeness (QED) is 0.645. The van der Waals surface area contributed by atoms with Gasteiger partial charge >= 0.3 is 5.97 Å². The molecule has 24 heavy (non-hydrogen) atoms. The number of carbonyl (C=O) groups is 1. The van der Waals surface area contributed by atoms with Crippen molar-refractivity contribution in [3.05, 3.63) is 52.4 Å². The highest BCUT2D eigenvalue weighted by Gasteiger charge is 2.15. The van der Waals surface area contributed by atoms with Gasteiger partial charge in [-0.25, -0.2) is 9.78 Å². The summed E-state index contributed by atoms with van der Waals surface area (Å²) in [7, 11) is 0. The molecule has 2 heterocycles. The summed E-state index contributed by atoms with van der Waals surface area (Å²) in [5, 5.41) is 10.4. The Labute approximate surface area is 146 Å². The molecule has 0 saturated carbocycles. The molecule has 1 unspecified atom stereocenters. The fraction of sp³-hybridized carbons (Fsp3) is 0.300. The fourth-order valence-corrected chi connectivity index (χ4v) is 3.70. The van der Waals surface area contributed by atoms with Crippen LogP contribution in [0.2, 0.25) is 0 Å². The first-order valence-corrected chi connectivity index (χ1v) is 9.12. The highest BCUT2D eigenvalue weighted by molar-refractivity contribution is 7.15. The molecule has 0 saturated heterocycles. The fourth-order valence-electron chi connectivity index (χ4n) is 2.79. The van der Waals surface area contributed by atoms with Crippen molar-refractivity contribution in [2.75, 3.05) is 0 Å². The molecule has 2 aromatic heterocycles. The van der Waals surface area contributed by atoms with Gasteiger partial charge < -0.3 is 5.11 Å². The van der Waals surface area contributed by atoms with Gasteiger partial charge in [-0.15, -0.1) is 11.3 Å². The van der Waals surface area contributed by atoms with Crippen LogP contribution >= 0.6 is 11.3 Å². The normalized spacial score (nSPS) is 12.5. The summed E-state index contributed by atoms with van der Waals surface area (Å²) >= 11 is 1.67. The van der Waals surface area contributed by atoms with Gasteiger partial charge in [-0.05, 0) is 54.7 Å². The average Bonchev–Trinajstić information content (AvgIpc) is 3.08. The predicted octanol–water partition coefficient (Wildman–Crippen LogP) is 5.74. The molecule has 4 heteroatoms. The number of hydrogen-bond donors (Lipinski definition) is 1. The number of hydrogen-bond acceptors (Lipinski definition) is 3. The van der Waals surface area contributed by atoms with Crippen molar-refractivity contribution in [2.45, 2.75) is 39.5 Å². The summed E-state index contributed by atoms with van der Waals surface area (Å²) < 4.78 is 0. The summed E-state index contributed by atoms with van der Waals surface area (Å²) in [6.07, 6.45) is 2.00. The Morgan fingerprint density at radius 3 is 2.62 bits per heavy atom. The average molecular weight is 339 g/mol. The molecule has 3 aromatic rings. The van der Waals surface area contributed by atoms with Crippen molar-refractivity contribution in [1.29, 1.82) is 0 Å². The number of aryl methyl sites for hydroxylation is 1. The monoisotopic (exact) mass is 339 g/mol. The van der Waals surface area contributed by atoms with E-state index >= 15 is 0 Å². The molecule has 1 atom stereocenters. The largest absolute Gasteiger partial charge is 0.478 e. The van der Waals surface area contributed by atoms with E-state index in [0.29, 0.717) is 11.5 Å². The number of fused-ring (bicyclic) bond motifs is 1. The lowest BCUT2D eigenvalue weighted by molar-refractivity contribution is 0.0699. The zero-order valence-corrected chi connectivity index (χ0v) is 15.0. The van der Waals surface area contributed by atoms with Gasteiger partial charge in [0.1, 0.15) is 0 Å². The second kappa shape index (κ2) is 6.73. The van der Waals surface area contributed by atoms with E-state index < -0.39 is 5.97 Å². The zero-order valence-electron chi connectivity index (χ0n) is 14.2. The Bertz CT molecular complexity index is 898. The van der Waals surface area contributed by atoms with Crippen molar-refractivity contribution < 1.29 is 9.90 Å². The van der Waals surface area contributed by atoms with Gasteiger partial charge in [-0.1, -0.05) is 26.8 Å². The van der Waals surface area contributed by atoms with Crippen molar-refractivity contribution in [1.82, 2.24) is 4.98 Å². The number of carboxylic acids is 1. The molecule has 0 amide bonds. The third-order valence-electron chi connectivity index (χ3n) is 4.51. The number of pyridine rings is 1. The van der Waals surface area contributed by atoms with Crippen molar-refractivity contribution in [2.24, 2.45) is 0 Å². The molecule has 0 aliphatic rings. The summed E-state index contributed by atoms with van der Waals surface area (Å²) in [6, 6.07) is 11.8. The first kappa shape index (κ1) is 16.7. The molecule has 0 radical (unpaired) electrons. The van der Waals surface area contributed by atoms with Gasteiger partial charge in [0.05, 0.1) is 21.7 Å². The number of aromatic carboxylic acids is 1. The molecule has 1 aromatic carbocycles. The maximum atomic E-state index is 11.8. The number of benzene rings is 1. The van der Waals surface area contributed by atoms with Crippen LogP contribution in [0, 0.1) is 0 Å². The number of rotatable bonds is 5. The van der Waals surface area contributed by atoms with Crippen LogP contribution in [0.4, 0.5) is 0 Å². The molecule has 0 spiro atoms. The molecule has 0 fully saturated rings. The van der Waals surface area contributed by atoms with Gasteiger partial charge in [0.25, 0.3) is 0 Å². The number of carboxylic acid groups (broad SMARTS) is 1. The van der Waals surface area contributed by atoms with E-state index in [1.807, 2.05) is 18.2 Å².